The van der Waals surface area contributed by atoms with E-state index in [9.17, 15) is 13.2 Å². The molecule has 0 unspecified atom stereocenters. The minimum atomic E-state index is -4.13. The Hall–Kier alpha value is -0.250. The van der Waals surface area contributed by atoms with Crippen molar-refractivity contribution in [3.8, 4) is 0 Å². The second-order valence-electron chi connectivity index (χ2n) is 2.50. The third-order valence-electron chi connectivity index (χ3n) is 1.22. The highest BCUT2D eigenvalue weighted by atomic mass is 19.4. The fraction of sp³-hybridized carbons (Fsp3) is 0.875. The summed E-state index contributed by atoms with van der Waals surface area (Å²) < 4.78 is 39.6. The molecule has 0 rings (SSSR count). The molecule has 0 aliphatic carbocycles. The Balaban J connectivity index is 3.01. The number of unbranched alkanes of at least 4 members (excludes halogenated alkanes) is 1. The lowest BCUT2D eigenvalue weighted by atomic mass is 10.2. The third kappa shape index (κ3) is 9.75. The first kappa shape index (κ1) is 11.8. The predicted molar refractivity (Wildman–Crippen MR) is 40.7 cm³/mol. The van der Waals surface area contributed by atoms with Crippen LogP contribution in [0.4, 0.5) is 13.2 Å². The normalized spacial score (nSPS) is 12.0. The van der Waals surface area contributed by atoms with Gasteiger partial charge in [-0.25, -0.2) is 0 Å². The van der Waals surface area contributed by atoms with E-state index in [1.165, 1.54) is 0 Å². The smallest absolute Gasteiger partial charge is 0.381 e. The number of ether oxygens (including phenoxy) is 1. The Morgan fingerprint density at radius 3 is 2.42 bits per heavy atom. The van der Waals surface area contributed by atoms with E-state index in [1.54, 1.807) is 0 Å². The van der Waals surface area contributed by atoms with Gasteiger partial charge in [0.05, 0.1) is 6.42 Å². The fourth-order valence-corrected chi connectivity index (χ4v) is 0.698. The first-order valence-corrected chi connectivity index (χ1v) is 4.05. The maximum atomic E-state index is 11.5. The predicted octanol–water partition coefficient (Wildman–Crippen LogP) is 2.96. The molecule has 0 saturated carbocycles. The van der Waals surface area contributed by atoms with Gasteiger partial charge in [-0.2, -0.15) is 13.2 Å². The molecule has 0 fully saturated rings. The molecule has 0 aromatic carbocycles. The SMILES string of the molecule is CCCOCCC[CH]C(F)(F)F. The summed E-state index contributed by atoms with van der Waals surface area (Å²) in [6.07, 6.45) is -2.37. The molecule has 0 heterocycles. The van der Waals surface area contributed by atoms with Crippen LogP contribution in [0.1, 0.15) is 26.2 Å². The summed E-state index contributed by atoms with van der Waals surface area (Å²) in [5, 5.41) is 0. The van der Waals surface area contributed by atoms with Crippen molar-refractivity contribution in [2.45, 2.75) is 32.4 Å². The lowest BCUT2D eigenvalue weighted by Gasteiger charge is -2.05. The Kier molecular flexibility index (Phi) is 6.16. The van der Waals surface area contributed by atoms with Crippen molar-refractivity contribution in [1.82, 2.24) is 0 Å². The van der Waals surface area contributed by atoms with Crippen LogP contribution in [0.3, 0.4) is 0 Å². The van der Waals surface area contributed by atoms with E-state index in [-0.39, 0.29) is 6.42 Å². The lowest BCUT2D eigenvalue weighted by Crippen LogP contribution is -2.08. The van der Waals surface area contributed by atoms with Crippen molar-refractivity contribution < 1.29 is 17.9 Å². The summed E-state index contributed by atoms with van der Waals surface area (Å²) in [6, 6.07) is 0. The zero-order valence-electron chi connectivity index (χ0n) is 7.16. The second kappa shape index (κ2) is 6.29. The highest BCUT2D eigenvalue weighted by Gasteiger charge is 2.26. The quantitative estimate of drug-likeness (QED) is 0.575. The van der Waals surface area contributed by atoms with Gasteiger partial charge in [0.15, 0.2) is 0 Å². The average molecular weight is 183 g/mol. The van der Waals surface area contributed by atoms with Crippen molar-refractivity contribution in [2.75, 3.05) is 13.2 Å². The average Bonchev–Trinajstić information content (AvgIpc) is 1.94. The Morgan fingerprint density at radius 2 is 1.92 bits per heavy atom. The molecule has 12 heavy (non-hydrogen) atoms. The van der Waals surface area contributed by atoms with Crippen molar-refractivity contribution in [3.63, 3.8) is 0 Å². The zero-order chi connectivity index (χ0) is 9.45. The first-order chi connectivity index (χ1) is 5.56. The molecule has 0 atom stereocenters. The lowest BCUT2D eigenvalue weighted by molar-refractivity contribution is -0.0987. The summed E-state index contributed by atoms with van der Waals surface area (Å²) in [5.41, 5.74) is 0. The molecule has 0 N–H and O–H groups in total. The van der Waals surface area contributed by atoms with Crippen LogP contribution >= 0.6 is 0 Å². The van der Waals surface area contributed by atoms with Gasteiger partial charge in [-0.05, 0) is 19.3 Å². The largest absolute Gasteiger partial charge is 0.392 e. The summed E-state index contributed by atoms with van der Waals surface area (Å²) >= 11 is 0. The molecule has 0 saturated heterocycles. The van der Waals surface area contributed by atoms with Crippen molar-refractivity contribution in [3.05, 3.63) is 6.42 Å². The maximum absolute atomic E-state index is 11.5. The molecule has 73 valence electrons. The van der Waals surface area contributed by atoms with Crippen molar-refractivity contribution >= 4 is 0 Å². The van der Waals surface area contributed by atoms with Crippen LogP contribution in [0.2, 0.25) is 0 Å². The van der Waals surface area contributed by atoms with E-state index in [2.05, 4.69) is 0 Å². The van der Waals surface area contributed by atoms with Crippen molar-refractivity contribution in [2.24, 2.45) is 0 Å². The molecule has 0 spiro atoms. The Labute approximate surface area is 70.9 Å². The summed E-state index contributed by atoms with van der Waals surface area (Å²) in [6.45, 7) is 3.01. The first-order valence-electron chi connectivity index (χ1n) is 4.05. The number of hydrogen-bond donors (Lipinski definition) is 0. The molecule has 0 aromatic heterocycles. The van der Waals surface area contributed by atoms with E-state index in [1.807, 2.05) is 6.92 Å². The van der Waals surface area contributed by atoms with E-state index >= 15 is 0 Å². The number of halogens is 3. The molecule has 4 heteroatoms. The van der Waals surface area contributed by atoms with Crippen LogP contribution < -0.4 is 0 Å². The van der Waals surface area contributed by atoms with Crippen molar-refractivity contribution in [1.29, 1.82) is 0 Å². The number of alkyl halides is 3. The van der Waals surface area contributed by atoms with Gasteiger partial charge >= 0.3 is 6.18 Å². The van der Waals surface area contributed by atoms with Crippen LogP contribution in [-0.4, -0.2) is 19.4 Å². The molecule has 1 nitrogen and oxygen atoms in total. The molecular formula is C8H14F3O. The van der Waals surface area contributed by atoms with Gasteiger partial charge in [0, 0.05) is 13.2 Å². The molecule has 0 bridgehead atoms. The maximum Gasteiger partial charge on any atom is 0.392 e. The molecule has 0 amide bonds. The topological polar surface area (TPSA) is 9.23 Å². The van der Waals surface area contributed by atoms with Gasteiger partial charge in [-0.3, -0.25) is 0 Å². The van der Waals surface area contributed by atoms with Crippen LogP contribution in [0.5, 0.6) is 0 Å². The van der Waals surface area contributed by atoms with E-state index in [0.717, 1.165) is 6.42 Å². The molecular weight excluding hydrogens is 169 g/mol. The molecule has 0 aliphatic rings. The third-order valence-corrected chi connectivity index (χ3v) is 1.22. The summed E-state index contributed by atoms with van der Waals surface area (Å²) in [4.78, 5) is 0. The van der Waals surface area contributed by atoms with Crippen LogP contribution in [0.15, 0.2) is 0 Å². The highest BCUT2D eigenvalue weighted by Crippen LogP contribution is 2.20. The van der Waals surface area contributed by atoms with Gasteiger partial charge in [0.25, 0.3) is 0 Å². The molecule has 0 aliphatic heterocycles. The Bertz CT molecular complexity index is 101. The van der Waals surface area contributed by atoms with Crippen LogP contribution in [0, 0.1) is 6.42 Å². The summed E-state index contributed by atoms with van der Waals surface area (Å²) in [7, 11) is 0. The standard InChI is InChI=1S/C8H14F3O/c1-2-6-12-7-4-3-5-8(9,10)11/h5H,2-4,6-7H2,1H3. The van der Waals surface area contributed by atoms with Crippen LogP contribution in [-0.2, 0) is 4.74 Å². The molecule has 1 radical (unpaired) electrons. The van der Waals surface area contributed by atoms with Gasteiger partial charge in [-0.1, -0.05) is 6.92 Å². The van der Waals surface area contributed by atoms with Gasteiger partial charge in [0.1, 0.15) is 0 Å². The second-order valence-corrected chi connectivity index (χ2v) is 2.50. The minimum absolute atomic E-state index is 0.0488. The molecule has 0 aromatic rings. The minimum Gasteiger partial charge on any atom is -0.381 e. The fourth-order valence-electron chi connectivity index (χ4n) is 0.698. The van der Waals surface area contributed by atoms with Gasteiger partial charge in [-0.15, -0.1) is 0 Å². The Morgan fingerprint density at radius 1 is 1.25 bits per heavy atom. The van der Waals surface area contributed by atoms with Gasteiger partial charge in [0.2, 0.25) is 0 Å². The van der Waals surface area contributed by atoms with E-state index in [4.69, 9.17) is 4.74 Å². The van der Waals surface area contributed by atoms with E-state index < -0.39 is 6.18 Å². The summed E-state index contributed by atoms with van der Waals surface area (Å²) in [5.74, 6) is 0. The van der Waals surface area contributed by atoms with E-state index in [0.29, 0.717) is 26.1 Å². The number of hydrogen-bond acceptors (Lipinski definition) is 1. The zero-order valence-corrected chi connectivity index (χ0v) is 7.16. The monoisotopic (exact) mass is 183 g/mol. The number of rotatable bonds is 6. The van der Waals surface area contributed by atoms with Crippen LogP contribution in [0.25, 0.3) is 0 Å². The highest BCUT2D eigenvalue weighted by molar-refractivity contribution is 4.73. The van der Waals surface area contributed by atoms with Gasteiger partial charge < -0.3 is 4.74 Å².